The zero-order valence-corrected chi connectivity index (χ0v) is 22.5. The molecule has 4 rings (SSSR count). The maximum absolute atomic E-state index is 12.0. The van der Waals surface area contributed by atoms with E-state index in [1.807, 2.05) is 19.1 Å². The largest absolute Gasteiger partial charge is 0.496 e. The minimum atomic E-state index is -0.358. The molecule has 38 heavy (non-hydrogen) atoms. The van der Waals surface area contributed by atoms with Crippen LogP contribution in [0.4, 0.5) is 5.69 Å². The lowest BCUT2D eigenvalue weighted by molar-refractivity contribution is -0.111. The topological polar surface area (TPSA) is 110 Å². The standard InChI is InChI=1S/C27H28ClN5O5/c1-7-23(34)31-20-14-30-33(8-9-35-3)26(20)19-11-17-16(13-29-19)10-18(32-27(17)38-6)24-15(2)21(36-4)12-22(37-5)25(24)28/h7,10-14H,1,8-9H2,2-6H3,(H,31,34). The fourth-order valence-electron chi connectivity index (χ4n) is 4.17. The van der Waals surface area contributed by atoms with Gasteiger partial charge >= 0.3 is 0 Å². The number of carbonyl (C=O) groups excluding carboxylic acids is 1. The van der Waals surface area contributed by atoms with Crippen LogP contribution in [-0.4, -0.2) is 60.7 Å². The molecular formula is C27H28ClN5O5. The van der Waals surface area contributed by atoms with E-state index in [9.17, 15) is 4.79 Å². The van der Waals surface area contributed by atoms with Crippen molar-refractivity contribution in [1.29, 1.82) is 0 Å². The highest BCUT2D eigenvalue weighted by molar-refractivity contribution is 6.35. The summed E-state index contributed by atoms with van der Waals surface area (Å²) >= 11 is 6.71. The summed E-state index contributed by atoms with van der Waals surface area (Å²) in [5.41, 5.74) is 3.72. The quantitative estimate of drug-likeness (QED) is 0.284. The van der Waals surface area contributed by atoms with Crippen molar-refractivity contribution < 1.29 is 23.7 Å². The molecule has 1 aromatic carbocycles. The molecule has 4 aromatic rings. The molecule has 198 valence electrons. The first-order valence-corrected chi connectivity index (χ1v) is 12.0. The first kappa shape index (κ1) is 26.9. The Bertz CT molecular complexity index is 1490. The summed E-state index contributed by atoms with van der Waals surface area (Å²) < 4.78 is 23.6. The van der Waals surface area contributed by atoms with Crippen LogP contribution < -0.4 is 19.5 Å². The number of hydrogen-bond donors (Lipinski definition) is 1. The predicted octanol–water partition coefficient (Wildman–Crippen LogP) is 4.92. The number of pyridine rings is 2. The summed E-state index contributed by atoms with van der Waals surface area (Å²) in [6.07, 6.45) is 4.48. The van der Waals surface area contributed by atoms with Gasteiger partial charge in [-0.1, -0.05) is 18.2 Å². The Balaban J connectivity index is 1.90. The van der Waals surface area contributed by atoms with Gasteiger partial charge < -0.3 is 24.3 Å². The number of nitrogens with zero attached hydrogens (tertiary/aromatic N) is 4. The molecule has 1 N–H and O–H groups in total. The van der Waals surface area contributed by atoms with Crippen molar-refractivity contribution in [3.05, 3.63) is 53.8 Å². The van der Waals surface area contributed by atoms with Gasteiger partial charge in [-0.25, -0.2) is 4.98 Å². The molecule has 0 spiro atoms. The molecule has 10 nitrogen and oxygen atoms in total. The van der Waals surface area contributed by atoms with Gasteiger partial charge in [0.25, 0.3) is 0 Å². The zero-order valence-electron chi connectivity index (χ0n) is 21.8. The molecule has 3 heterocycles. The van der Waals surface area contributed by atoms with Gasteiger partial charge in [-0.05, 0) is 25.1 Å². The number of nitrogens with one attached hydrogen (secondary N) is 1. The summed E-state index contributed by atoms with van der Waals surface area (Å²) in [6.45, 7) is 6.31. The zero-order chi connectivity index (χ0) is 27.4. The van der Waals surface area contributed by atoms with Crippen LogP contribution in [0.2, 0.25) is 5.02 Å². The van der Waals surface area contributed by atoms with Crippen molar-refractivity contribution in [3.63, 3.8) is 0 Å². The number of carbonyl (C=O) groups is 1. The van der Waals surface area contributed by atoms with E-state index in [4.69, 9.17) is 35.5 Å². The number of aromatic nitrogens is 4. The van der Waals surface area contributed by atoms with E-state index in [1.165, 1.54) is 6.08 Å². The van der Waals surface area contributed by atoms with Crippen LogP contribution in [-0.2, 0) is 16.1 Å². The van der Waals surface area contributed by atoms with Gasteiger partial charge in [0.05, 0.1) is 62.8 Å². The molecular weight excluding hydrogens is 510 g/mol. The summed E-state index contributed by atoms with van der Waals surface area (Å²) in [6, 6.07) is 5.46. The number of methoxy groups -OCH3 is 4. The molecule has 0 saturated carbocycles. The lowest BCUT2D eigenvalue weighted by atomic mass is 10.0. The van der Waals surface area contributed by atoms with E-state index in [2.05, 4.69) is 22.0 Å². The van der Waals surface area contributed by atoms with E-state index in [0.717, 1.165) is 10.9 Å². The van der Waals surface area contributed by atoms with Crippen LogP contribution in [0, 0.1) is 6.92 Å². The second-order valence-corrected chi connectivity index (χ2v) is 8.60. The molecule has 3 aromatic heterocycles. The third-order valence-corrected chi connectivity index (χ3v) is 6.42. The Morgan fingerprint density at radius 3 is 2.50 bits per heavy atom. The first-order valence-electron chi connectivity index (χ1n) is 11.6. The molecule has 0 atom stereocenters. The fourth-order valence-corrected chi connectivity index (χ4v) is 4.54. The molecule has 0 radical (unpaired) electrons. The Labute approximate surface area is 225 Å². The summed E-state index contributed by atoms with van der Waals surface area (Å²) in [5.74, 6) is 1.10. The van der Waals surface area contributed by atoms with Crippen molar-refractivity contribution in [2.45, 2.75) is 13.5 Å². The van der Waals surface area contributed by atoms with E-state index in [0.29, 0.717) is 69.3 Å². The van der Waals surface area contributed by atoms with E-state index in [-0.39, 0.29) is 5.91 Å². The third-order valence-electron chi connectivity index (χ3n) is 6.04. The minimum absolute atomic E-state index is 0.358. The monoisotopic (exact) mass is 537 g/mol. The van der Waals surface area contributed by atoms with Gasteiger partial charge in [0.1, 0.15) is 17.2 Å². The lowest BCUT2D eigenvalue weighted by Crippen LogP contribution is -2.11. The molecule has 0 unspecified atom stereocenters. The minimum Gasteiger partial charge on any atom is -0.496 e. The molecule has 0 aliphatic carbocycles. The van der Waals surface area contributed by atoms with Gasteiger partial charge in [-0.2, -0.15) is 5.10 Å². The predicted molar refractivity (Wildman–Crippen MR) is 146 cm³/mol. The van der Waals surface area contributed by atoms with Gasteiger partial charge in [0, 0.05) is 41.3 Å². The second-order valence-electron chi connectivity index (χ2n) is 8.22. The summed E-state index contributed by atoms with van der Waals surface area (Å²) in [4.78, 5) is 21.5. The lowest BCUT2D eigenvalue weighted by Gasteiger charge is -2.17. The molecule has 11 heteroatoms. The van der Waals surface area contributed by atoms with Gasteiger partial charge in [-0.3, -0.25) is 14.5 Å². The number of hydrogen-bond acceptors (Lipinski definition) is 8. The smallest absolute Gasteiger partial charge is 0.247 e. The Morgan fingerprint density at radius 1 is 1.08 bits per heavy atom. The highest BCUT2D eigenvalue weighted by atomic mass is 35.5. The van der Waals surface area contributed by atoms with Crippen LogP contribution in [0.1, 0.15) is 5.56 Å². The summed E-state index contributed by atoms with van der Waals surface area (Å²) in [7, 11) is 6.29. The Hall–Kier alpha value is -4.15. The average molecular weight is 538 g/mol. The van der Waals surface area contributed by atoms with Gasteiger partial charge in [0.15, 0.2) is 0 Å². The van der Waals surface area contributed by atoms with Crippen molar-refractivity contribution in [1.82, 2.24) is 19.7 Å². The first-order chi connectivity index (χ1) is 18.4. The number of halogens is 1. The van der Waals surface area contributed by atoms with Crippen LogP contribution in [0.15, 0.2) is 43.2 Å². The Kier molecular flexibility index (Phi) is 8.13. The number of anilines is 1. The van der Waals surface area contributed by atoms with Crippen molar-refractivity contribution in [3.8, 4) is 40.0 Å². The van der Waals surface area contributed by atoms with Crippen LogP contribution in [0.5, 0.6) is 17.4 Å². The maximum Gasteiger partial charge on any atom is 0.247 e. The van der Waals surface area contributed by atoms with E-state index in [1.54, 1.807) is 51.6 Å². The molecule has 0 aliphatic rings. The van der Waals surface area contributed by atoms with Crippen molar-refractivity contribution in [2.75, 3.05) is 40.4 Å². The second kappa shape index (κ2) is 11.5. The van der Waals surface area contributed by atoms with Gasteiger partial charge in [0.2, 0.25) is 11.8 Å². The number of fused-ring (bicyclic) bond motifs is 1. The van der Waals surface area contributed by atoms with E-state index >= 15 is 0 Å². The third kappa shape index (κ3) is 5.00. The molecule has 0 bridgehead atoms. The van der Waals surface area contributed by atoms with Crippen LogP contribution in [0.3, 0.4) is 0 Å². The van der Waals surface area contributed by atoms with Crippen LogP contribution >= 0.6 is 11.6 Å². The number of ether oxygens (including phenoxy) is 4. The average Bonchev–Trinajstić information content (AvgIpc) is 3.33. The SMILES string of the molecule is C=CC(=O)Nc1cnn(CCOC)c1-c1cc2c(OC)nc(-c3c(C)c(OC)cc(OC)c3Cl)cc2cn1. The number of benzene rings is 1. The molecule has 0 aliphatic heterocycles. The normalized spacial score (nSPS) is 10.9. The highest BCUT2D eigenvalue weighted by Crippen LogP contribution is 2.43. The number of rotatable bonds is 10. The molecule has 0 saturated heterocycles. The highest BCUT2D eigenvalue weighted by Gasteiger charge is 2.22. The molecule has 0 fully saturated rings. The van der Waals surface area contributed by atoms with Crippen molar-refractivity contribution in [2.24, 2.45) is 0 Å². The maximum atomic E-state index is 12.0. The number of amides is 1. The fraction of sp³-hybridized carbons (Fsp3) is 0.259. The Morgan fingerprint density at radius 2 is 1.84 bits per heavy atom. The van der Waals surface area contributed by atoms with Crippen LogP contribution in [0.25, 0.3) is 33.4 Å². The summed E-state index contributed by atoms with van der Waals surface area (Å²) in [5, 5.41) is 9.09. The van der Waals surface area contributed by atoms with E-state index < -0.39 is 0 Å². The van der Waals surface area contributed by atoms with Gasteiger partial charge in [-0.15, -0.1) is 0 Å². The molecule has 1 amide bonds. The van der Waals surface area contributed by atoms with Crippen molar-refractivity contribution >= 4 is 34.0 Å².